The maximum atomic E-state index is 10.7. The summed E-state index contributed by atoms with van der Waals surface area (Å²) in [6, 6.07) is 28.8. The summed E-state index contributed by atoms with van der Waals surface area (Å²) in [4.78, 5) is 0. The fourth-order valence-corrected chi connectivity index (χ4v) is 3.66. The number of fused-ring (bicyclic) bond motifs is 1. The quantitative estimate of drug-likeness (QED) is 0.470. The van der Waals surface area contributed by atoms with E-state index in [0.29, 0.717) is 13.1 Å². The standard InChI is InChI=1S/C25H26N2O2/c1-29-23-13-11-20(12-14-23)25-15-21-9-5-6-10-24(21)27(25)18-22(28)17-26-16-19-7-3-2-4-8-19/h2-15,22,26,28H,16-18H2,1H3. The first-order valence-corrected chi connectivity index (χ1v) is 9.90. The van der Waals surface area contributed by atoms with Gasteiger partial charge in [-0.25, -0.2) is 0 Å². The van der Waals surface area contributed by atoms with E-state index in [4.69, 9.17) is 4.74 Å². The molecule has 4 rings (SSSR count). The average Bonchev–Trinajstić information content (AvgIpc) is 3.13. The molecule has 2 N–H and O–H groups in total. The molecule has 4 heteroatoms. The Labute approximate surface area is 171 Å². The summed E-state index contributed by atoms with van der Waals surface area (Å²) in [5, 5.41) is 15.2. The lowest BCUT2D eigenvalue weighted by Crippen LogP contribution is -2.30. The second kappa shape index (κ2) is 8.95. The van der Waals surface area contributed by atoms with Crippen LogP contribution in [0.2, 0.25) is 0 Å². The Hall–Kier alpha value is -3.08. The summed E-state index contributed by atoms with van der Waals surface area (Å²) in [6.07, 6.45) is -0.494. The van der Waals surface area contributed by atoms with Gasteiger partial charge in [-0.1, -0.05) is 48.5 Å². The van der Waals surface area contributed by atoms with E-state index < -0.39 is 6.10 Å². The molecule has 0 aliphatic carbocycles. The minimum Gasteiger partial charge on any atom is -0.497 e. The lowest BCUT2D eigenvalue weighted by Gasteiger charge is -2.17. The van der Waals surface area contributed by atoms with Crippen LogP contribution in [0.1, 0.15) is 5.56 Å². The van der Waals surface area contributed by atoms with Crippen LogP contribution in [-0.2, 0) is 13.1 Å². The third-order valence-corrected chi connectivity index (χ3v) is 5.14. The van der Waals surface area contributed by atoms with Crippen LogP contribution in [-0.4, -0.2) is 29.4 Å². The largest absolute Gasteiger partial charge is 0.497 e. The van der Waals surface area contributed by atoms with Crippen molar-refractivity contribution in [2.24, 2.45) is 0 Å². The first-order valence-electron chi connectivity index (χ1n) is 9.90. The van der Waals surface area contributed by atoms with Gasteiger partial charge in [0.25, 0.3) is 0 Å². The highest BCUT2D eigenvalue weighted by Gasteiger charge is 2.14. The summed E-state index contributed by atoms with van der Waals surface area (Å²) in [7, 11) is 1.67. The highest BCUT2D eigenvalue weighted by Crippen LogP contribution is 2.29. The minimum atomic E-state index is -0.494. The third-order valence-electron chi connectivity index (χ3n) is 5.14. The maximum absolute atomic E-state index is 10.7. The van der Waals surface area contributed by atoms with Crippen molar-refractivity contribution >= 4 is 10.9 Å². The van der Waals surface area contributed by atoms with Gasteiger partial charge in [-0.05, 0) is 47.5 Å². The zero-order valence-corrected chi connectivity index (χ0v) is 16.6. The lowest BCUT2D eigenvalue weighted by molar-refractivity contribution is 0.153. The van der Waals surface area contributed by atoms with Crippen molar-refractivity contribution in [1.29, 1.82) is 0 Å². The molecule has 0 saturated carbocycles. The predicted octanol–water partition coefficient (Wildman–Crippen LogP) is 4.47. The molecule has 0 aliphatic rings. The van der Waals surface area contributed by atoms with Crippen molar-refractivity contribution in [2.45, 2.75) is 19.2 Å². The van der Waals surface area contributed by atoms with E-state index in [0.717, 1.165) is 29.1 Å². The van der Waals surface area contributed by atoms with Crippen molar-refractivity contribution in [3.63, 3.8) is 0 Å². The van der Waals surface area contributed by atoms with Crippen molar-refractivity contribution in [3.8, 4) is 17.0 Å². The number of aliphatic hydroxyl groups is 1. The molecule has 0 radical (unpaired) electrons. The molecule has 3 aromatic carbocycles. The van der Waals surface area contributed by atoms with Crippen LogP contribution in [0, 0.1) is 0 Å². The van der Waals surface area contributed by atoms with Gasteiger partial charge in [0.15, 0.2) is 0 Å². The number of methoxy groups -OCH3 is 1. The number of benzene rings is 3. The summed E-state index contributed by atoms with van der Waals surface area (Å²) in [5.74, 6) is 0.835. The number of hydrogen-bond acceptors (Lipinski definition) is 3. The summed E-state index contributed by atoms with van der Waals surface area (Å²) in [5.41, 5.74) is 4.54. The fraction of sp³-hybridized carbons (Fsp3) is 0.200. The monoisotopic (exact) mass is 386 g/mol. The van der Waals surface area contributed by atoms with Crippen LogP contribution in [0.3, 0.4) is 0 Å². The Morgan fingerprint density at radius 3 is 2.41 bits per heavy atom. The fourth-order valence-electron chi connectivity index (χ4n) is 3.66. The molecule has 0 fully saturated rings. The van der Waals surface area contributed by atoms with E-state index in [-0.39, 0.29) is 0 Å². The molecule has 0 spiro atoms. The van der Waals surface area contributed by atoms with Gasteiger partial charge in [0, 0.05) is 29.7 Å². The van der Waals surface area contributed by atoms with E-state index in [2.05, 4.69) is 52.3 Å². The second-order valence-electron chi connectivity index (χ2n) is 7.20. The molecule has 148 valence electrons. The molecule has 29 heavy (non-hydrogen) atoms. The van der Waals surface area contributed by atoms with E-state index in [1.54, 1.807) is 7.11 Å². The van der Waals surface area contributed by atoms with Crippen LogP contribution < -0.4 is 10.1 Å². The predicted molar refractivity (Wildman–Crippen MR) is 118 cm³/mol. The Kier molecular flexibility index (Phi) is 5.94. The second-order valence-corrected chi connectivity index (χ2v) is 7.20. The number of rotatable bonds is 8. The number of nitrogens with one attached hydrogen (secondary N) is 1. The number of ether oxygens (including phenoxy) is 1. The number of aliphatic hydroxyl groups excluding tert-OH is 1. The smallest absolute Gasteiger partial charge is 0.118 e. The maximum Gasteiger partial charge on any atom is 0.118 e. The van der Waals surface area contributed by atoms with Crippen molar-refractivity contribution in [3.05, 3.63) is 90.5 Å². The van der Waals surface area contributed by atoms with Crippen LogP contribution in [0.15, 0.2) is 84.9 Å². The first-order chi connectivity index (χ1) is 14.2. The van der Waals surface area contributed by atoms with Gasteiger partial charge in [-0.2, -0.15) is 0 Å². The Bertz CT molecular complexity index is 1060. The van der Waals surface area contributed by atoms with Gasteiger partial charge < -0.3 is 19.7 Å². The van der Waals surface area contributed by atoms with Crippen LogP contribution in [0.5, 0.6) is 5.75 Å². The molecular weight excluding hydrogens is 360 g/mol. The molecule has 4 nitrogen and oxygen atoms in total. The molecule has 0 amide bonds. The van der Waals surface area contributed by atoms with E-state index in [1.165, 1.54) is 10.9 Å². The zero-order chi connectivity index (χ0) is 20.1. The average molecular weight is 386 g/mol. The van der Waals surface area contributed by atoms with Crippen LogP contribution in [0.4, 0.5) is 0 Å². The van der Waals surface area contributed by atoms with Crippen molar-refractivity contribution in [2.75, 3.05) is 13.7 Å². The number of aromatic nitrogens is 1. The Morgan fingerprint density at radius 1 is 0.931 bits per heavy atom. The Balaban J connectivity index is 1.53. The SMILES string of the molecule is COc1ccc(-c2cc3ccccc3n2CC(O)CNCc2ccccc2)cc1. The number of nitrogens with zero attached hydrogens (tertiary/aromatic N) is 1. The Morgan fingerprint density at radius 2 is 1.66 bits per heavy atom. The molecule has 0 aliphatic heterocycles. The molecule has 1 aromatic heterocycles. The number of hydrogen-bond donors (Lipinski definition) is 2. The summed E-state index contributed by atoms with van der Waals surface area (Å²) in [6.45, 7) is 1.80. The minimum absolute atomic E-state index is 0.494. The van der Waals surface area contributed by atoms with E-state index in [1.807, 2.05) is 42.5 Å². The highest BCUT2D eigenvalue weighted by atomic mass is 16.5. The van der Waals surface area contributed by atoms with Crippen molar-refractivity contribution in [1.82, 2.24) is 9.88 Å². The normalized spacial score (nSPS) is 12.2. The van der Waals surface area contributed by atoms with Gasteiger partial charge >= 0.3 is 0 Å². The molecule has 0 bridgehead atoms. The molecular formula is C25H26N2O2. The zero-order valence-electron chi connectivity index (χ0n) is 16.6. The summed E-state index contributed by atoms with van der Waals surface area (Å²) < 4.78 is 7.48. The first kappa shape index (κ1) is 19.2. The van der Waals surface area contributed by atoms with Crippen molar-refractivity contribution < 1.29 is 9.84 Å². The lowest BCUT2D eigenvalue weighted by atomic mass is 10.1. The van der Waals surface area contributed by atoms with Gasteiger partial charge in [-0.3, -0.25) is 0 Å². The molecule has 1 heterocycles. The molecule has 0 saturated heterocycles. The van der Waals surface area contributed by atoms with Gasteiger partial charge in [0.2, 0.25) is 0 Å². The van der Waals surface area contributed by atoms with Gasteiger partial charge in [0.05, 0.1) is 19.8 Å². The third kappa shape index (κ3) is 4.50. The van der Waals surface area contributed by atoms with Gasteiger partial charge in [-0.15, -0.1) is 0 Å². The topological polar surface area (TPSA) is 46.4 Å². The van der Waals surface area contributed by atoms with Gasteiger partial charge in [0.1, 0.15) is 5.75 Å². The number of para-hydroxylation sites is 1. The molecule has 1 unspecified atom stereocenters. The molecule has 4 aromatic rings. The summed E-state index contributed by atoms with van der Waals surface area (Å²) >= 11 is 0. The molecule has 1 atom stereocenters. The van der Waals surface area contributed by atoms with E-state index >= 15 is 0 Å². The van der Waals surface area contributed by atoms with E-state index in [9.17, 15) is 5.11 Å². The van der Waals surface area contributed by atoms with Crippen LogP contribution >= 0.6 is 0 Å². The highest BCUT2D eigenvalue weighted by molar-refractivity contribution is 5.87. The van der Waals surface area contributed by atoms with Crippen LogP contribution in [0.25, 0.3) is 22.2 Å².